The lowest BCUT2D eigenvalue weighted by Crippen LogP contribution is -2.36. The predicted molar refractivity (Wildman–Crippen MR) is 71.4 cm³/mol. The lowest BCUT2D eigenvalue weighted by Gasteiger charge is -2.41. The minimum atomic E-state index is 0.511. The monoisotopic (exact) mass is 234 g/mol. The van der Waals surface area contributed by atoms with Crippen molar-refractivity contribution in [3.63, 3.8) is 0 Å². The lowest BCUT2D eigenvalue weighted by atomic mass is 9.67. The Kier molecular flexibility index (Phi) is 3.50. The maximum absolute atomic E-state index is 4.45. The van der Waals surface area contributed by atoms with Gasteiger partial charge in [-0.2, -0.15) is 4.98 Å². The predicted octanol–water partition coefficient (Wildman–Crippen LogP) is 2.82. The summed E-state index contributed by atoms with van der Waals surface area (Å²) in [4.78, 5) is 8.65. The first-order chi connectivity index (χ1) is 8.19. The summed E-state index contributed by atoms with van der Waals surface area (Å²) in [5.74, 6) is 1.64. The molecule has 0 atom stereocenters. The van der Waals surface area contributed by atoms with Crippen molar-refractivity contribution in [3.05, 3.63) is 11.8 Å². The van der Waals surface area contributed by atoms with E-state index in [4.69, 9.17) is 0 Å². The number of hydrogen-bond donors (Lipinski definition) is 2. The molecule has 2 N–H and O–H groups in total. The standard InChI is InChI=1S/C13H22N4/c1-4-13(6-5-7-13)9-16-11-10(2)8-15-12(14-3)17-11/h8H,4-7,9H2,1-3H3,(H2,14,15,16,17). The van der Waals surface area contributed by atoms with Crippen LogP contribution in [0.25, 0.3) is 0 Å². The van der Waals surface area contributed by atoms with E-state index in [0.717, 1.165) is 17.9 Å². The summed E-state index contributed by atoms with van der Waals surface area (Å²) < 4.78 is 0. The molecule has 1 saturated carbocycles. The van der Waals surface area contributed by atoms with E-state index in [9.17, 15) is 0 Å². The number of aromatic nitrogens is 2. The van der Waals surface area contributed by atoms with Gasteiger partial charge in [0.05, 0.1) is 0 Å². The molecule has 1 aromatic heterocycles. The average molecular weight is 234 g/mol. The van der Waals surface area contributed by atoms with E-state index in [2.05, 4.69) is 27.5 Å². The highest BCUT2D eigenvalue weighted by molar-refractivity contribution is 5.46. The molecule has 1 aliphatic carbocycles. The van der Waals surface area contributed by atoms with Crippen molar-refractivity contribution in [1.82, 2.24) is 9.97 Å². The maximum atomic E-state index is 4.45. The third-order valence-electron chi connectivity index (χ3n) is 3.99. The Morgan fingerprint density at radius 3 is 2.71 bits per heavy atom. The number of anilines is 2. The van der Waals surface area contributed by atoms with Crippen LogP contribution in [0.2, 0.25) is 0 Å². The third kappa shape index (κ3) is 2.51. The molecular formula is C13H22N4. The molecule has 0 bridgehead atoms. The number of rotatable bonds is 5. The van der Waals surface area contributed by atoms with Gasteiger partial charge in [0.15, 0.2) is 0 Å². The molecule has 1 fully saturated rings. The highest BCUT2D eigenvalue weighted by Gasteiger charge is 2.34. The van der Waals surface area contributed by atoms with Crippen LogP contribution in [0.4, 0.5) is 11.8 Å². The van der Waals surface area contributed by atoms with Gasteiger partial charge in [-0.15, -0.1) is 0 Å². The normalized spacial score (nSPS) is 17.4. The Morgan fingerprint density at radius 2 is 2.18 bits per heavy atom. The molecule has 0 unspecified atom stereocenters. The van der Waals surface area contributed by atoms with E-state index in [1.54, 1.807) is 0 Å². The molecule has 1 aliphatic rings. The highest BCUT2D eigenvalue weighted by Crippen LogP contribution is 2.43. The Morgan fingerprint density at radius 1 is 1.41 bits per heavy atom. The van der Waals surface area contributed by atoms with Crippen LogP contribution >= 0.6 is 0 Å². The Hall–Kier alpha value is -1.32. The van der Waals surface area contributed by atoms with Gasteiger partial charge in [0.25, 0.3) is 0 Å². The van der Waals surface area contributed by atoms with Crippen LogP contribution in [0.15, 0.2) is 6.20 Å². The molecule has 17 heavy (non-hydrogen) atoms. The van der Waals surface area contributed by atoms with E-state index in [1.165, 1.54) is 25.7 Å². The highest BCUT2D eigenvalue weighted by atomic mass is 15.1. The van der Waals surface area contributed by atoms with Gasteiger partial charge < -0.3 is 10.6 Å². The van der Waals surface area contributed by atoms with Crippen LogP contribution in [0, 0.1) is 12.3 Å². The van der Waals surface area contributed by atoms with E-state index in [0.29, 0.717) is 11.4 Å². The van der Waals surface area contributed by atoms with Gasteiger partial charge in [0, 0.05) is 25.4 Å². The summed E-state index contributed by atoms with van der Waals surface area (Å²) in [5, 5.41) is 6.46. The molecule has 4 heteroatoms. The molecule has 0 amide bonds. The summed E-state index contributed by atoms with van der Waals surface area (Å²) in [5.41, 5.74) is 1.62. The maximum Gasteiger partial charge on any atom is 0.224 e. The molecule has 0 saturated heterocycles. The van der Waals surface area contributed by atoms with Gasteiger partial charge in [0.2, 0.25) is 5.95 Å². The second kappa shape index (κ2) is 4.90. The second-order valence-corrected chi connectivity index (χ2v) is 5.04. The van der Waals surface area contributed by atoms with Crippen LogP contribution in [0.5, 0.6) is 0 Å². The van der Waals surface area contributed by atoms with Gasteiger partial charge in [-0.25, -0.2) is 4.98 Å². The number of aryl methyl sites for hydroxylation is 1. The smallest absolute Gasteiger partial charge is 0.224 e. The first kappa shape index (κ1) is 12.1. The van der Waals surface area contributed by atoms with Crippen molar-refractivity contribution in [2.45, 2.75) is 39.5 Å². The van der Waals surface area contributed by atoms with Crippen LogP contribution in [0.1, 0.15) is 38.2 Å². The fourth-order valence-corrected chi connectivity index (χ4v) is 2.34. The van der Waals surface area contributed by atoms with Gasteiger partial charge in [0.1, 0.15) is 5.82 Å². The molecular weight excluding hydrogens is 212 g/mol. The number of hydrogen-bond acceptors (Lipinski definition) is 4. The summed E-state index contributed by atoms with van der Waals surface area (Å²) in [6, 6.07) is 0. The minimum absolute atomic E-state index is 0.511. The van der Waals surface area contributed by atoms with Crippen LogP contribution in [0.3, 0.4) is 0 Å². The summed E-state index contributed by atoms with van der Waals surface area (Å²) in [6.45, 7) is 5.36. The van der Waals surface area contributed by atoms with E-state index in [-0.39, 0.29) is 0 Å². The average Bonchev–Trinajstić information content (AvgIpc) is 2.30. The second-order valence-electron chi connectivity index (χ2n) is 5.04. The molecule has 4 nitrogen and oxygen atoms in total. The van der Waals surface area contributed by atoms with Crippen molar-refractivity contribution < 1.29 is 0 Å². The molecule has 0 spiro atoms. The van der Waals surface area contributed by atoms with Gasteiger partial charge >= 0.3 is 0 Å². The molecule has 0 radical (unpaired) electrons. The first-order valence-electron chi connectivity index (χ1n) is 6.44. The molecule has 1 aromatic rings. The van der Waals surface area contributed by atoms with Crippen LogP contribution < -0.4 is 10.6 Å². The van der Waals surface area contributed by atoms with Crippen molar-refractivity contribution in [3.8, 4) is 0 Å². The van der Waals surface area contributed by atoms with Gasteiger partial charge in [-0.05, 0) is 31.6 Å². The van der Waals surface area contributed by atoms with Gasteiger partial charge in [-0.1, -0.05) is 13.3 Å². The van der Waals surface area contributed by atoms with Crippen LogP contribution in [-0.2, 0) is 0 Å². The quantitative estimate of drug-likeness (QED) is 0.822. The van der Waals surface area contributed by atoms with E-state index >= 15 is 0 Å². The number of nitrogens with one attached hydrogen (secondary N) is 2. The Labute approximate surface area is 103 Å². The van der Waals surface area contributed by atoms with Gasteiger partial charge in [-0.3, -0.25) is 0 Å². The van der Waals surface area contributed by atoms with Crippen molar-refractivity contribution >= 4 is 11.8 Å². The fraction of sp³-hybridized carbons (Fsp3) is 0.692. The number of nitrogens with zero attached hydrogens (tertiary/aromatic N) is 2. The molecule has 0 aliphatic heterocycles. The molecule has 2 rings (SSSR count). The van der Waals surface area contributed by atoms with E-state index in [1.807, 2.05) is 20.2 Å². The molecule has 94 valence electrons. The zero-order valence-electron chi connectivity index (χ0n) is 11.0. The first-order valence-corrected chi connectivity index (χ1v) is 6.44. The molecule has 1 heterocycles. The summed E-state index contributed by atoms with van der Waals surface area (Å²) >= 11 is 0. The zero-order valence-corrected chi connectivity index (χ0v) is 11.0. The SMILES string of the molecule is CCC1(CNc2nc(NC)ncc2C)CCC1. The lowest BCUT2D eigenvalue weighted by molar-refractivity contribution is 0.145. The fourth-order valence-electron chi connectivity index (χ4n) is 2.34. The third-order valence-corrected chi connectivity index (χ3v) is 3.99. The van der Waals surface area contributed by atoms with E-state index < -0.39 is 0 Å². The Balaban J connectivity index is 2.02. The summed E-state index contributed by atoms with van der Waals surface area (Å²) in [6.07, 6.45) is 7.18. The Bertz CT molecular complexity index is 379. The van der Waals surface area contributed by atoms with Crippen molar-refractivity contribution in [2.24, 2.45) is 5.41 Å². The minimum Gasteiger partial charge on any atom is -0.369 e. The molecule has 0 aromatic carbocycles. The topological polar surface area (TPSA) is 49.8 Å². The zero-order chi connectivity index (χ0) is 12.3. The largest absolute Gasteiger partial charge is 0.369 e. The van der Waals surface area contributed by atoms with Crippen molar-refractivity contribution in [2.75, 3.05) is 24.2 Å². The summed E-state index contributed by atoms with van der Waals surface area (Å²) in [7, 11) is 1.84. The van der Waals surface area contributed by atoms with Crippen molar-refractivity contribution in [1.29, 1.82) is 0 Å². The van der Waals surface area contributed by atoms with Crippen LogP contribution in [-0.4, -0.2) is 23.6 Å².